The van der Waals surface area contributed by atoms with Gasteiger partial charge in [0.05, 0.1) is 13.2 Å². The molecule has 1 aromatic heterocycles. The number of hydrogen-bond acceptors (Lipinski definition) is 4. The highest BCUT2D eigenvalue weighted by Gasteiger charge is 2.29. The largest absolute Gasteiger partial charge is 0.480 e. The molecular weight excluding hydrogens is 304 g/mol. The summed E-state index contributed by atoms with van der Waals surface area (Å²) < 4.78 is 5.18. The van der Waals surface area contributed by atoms with Crippen LogP contribution in [0.5, 0.6) is 5.88 Å². The van der Waals surface area contributed by atoms with Crippen LogP contribution in [-0.4, -0.2) is 41.1 Å². The van der Waals surface area contributed by atoms with Crippen molar-refractivity contribution in [3.05, 3.63) is 59.8 Å². The van der Waals surface area contributed by atoms with Crippen LogP contribution in [0, 0.1) is 5.92 Å². The monoisotopic (exact) mass is 326 g/mol. The molecule has 0 unspecified atom stereocenters. The van der Waals surface area contributed by atoms with Crippen LogP contribution in [0.15, 0.2) is 48.7 Å². The maximum atomic E-state index is 12.7. The number of likely N-dealkylation sites (tertiary alicyclic amines) is 1. The third-order valence-corrected chi connectivity index (χ3v) is 4.61. The summed E-state index contributed by atoms with van der Waals surface area (Å²) in [5, 5.41) is 10.5. The molecule has 2 aromatic rings. The first-order chi connectivity index (χ1) is 11.7. The molecule has 1 aromatic carbocycles. The average molecular weight is 326 g/mol. The van der Waals surface area contributed by atoms with Gasteiger partial charge in [0.1, 0.15) is 5.56 Å². The van der Waals surface area contributed by atoms with Crippen LogP contribution >= 0.6 is 0 Å². The Morgan fingerprint density at radius 2 is 1.92 bits per heavy atom. The zero-order valence-corrected chi connectivity index (χ0v) is 13.8. The molecule has 24 heavy (non-hydrogen) atoms. The first kappa shape index (κ1) is 16.5. The second kappa shape index (κ2) is 7.45. The van der Waals surface area contributed by atoms with Crippen molar-refractivity contribution in [1.82, 2.24) is 9.88 Å². The molecule has 1 N–H and O–H groups in total. The summed E-state index contributed by atoms with van der Waals surface area (Å²) in [7, 11) is 1.52. The average Bonchev–Trinajstić information content (AvgIpc) is 2.67. The number of pyridine rings is 1. The molecule has 1 fully saturated rings. The molecule has 5 heteroatoms. The highest BCUT2D eigenvalue weighted by molar-refractivity contribution is 5.96. The standard InChI is InChI=1S/C19H22N2O3/c1-24-18-16(8-5-11-20-18)19(23)21-12-9-15(10-13-21)17(22)14-6-3-2-4-7-14/h2-8,11,15,17,22H,9-10,12-13H2,1H3/t17-/m1/s1. The minimum Gasteiger partial charge on any atom is -0.480 e. The van der Waals surface area contributed by atoms with Gasteiger partial charge in [0, 0.05) is 19.3 Å². The summed E-state index contributed by atoms with van der Waals surface area (Å²) in [6, 6.07) is 13.2. The van der Waals surface area contributed by atoms with Gasteiger partial charge in [0.25, 0.3) is 5.91 Å². The molecular formula is C19H22N2O3. The van der Waals surface area contributed by atoms with Gasteiger partial charge in [0.15, 0.2) is 0 Å². The van der Waals surface area contributed by atoms with Gasteiger partial charge in [-0.05, 0) is 36.5 Å². The molecule has 3 rings (SSSR count). The Morgan fingerprint density at radius 1 is 1.21 bits per heavy atom. The van der Waals surface area contributed by atoms with Crippen molar-refractivity contribution in [2.24, 2.45) is 5.92 Å². The Hall–Kier alpha value is -2.40. The van der Waals surface area contributed by atoms with Crippen molar-refractivity contribution < 1.29 is 14.6 Å². The van der Waals surface area contributed by atoms with Crippen LogP contribution in [-0.2, 0) is 0 Å². The lowest BCUT2D eigenvalue weighted by Crippen LogP contribution is -2.40. The van der Waals surface area contributed by atoms with Crippen LogP contribution < -0.4 is 4.74 Å². The van der Waals surface area contributed by atoms with Crippen LogP contribution in [0.25, 0.3) is 0 Å². The molecule has 1 saturated heterocycles. The number of benzene rings is 1. The fraction of sp³-hybridized carbons (Fsp3) is 0.368. The lowest BCUT2D eigenvalue weighted by molar-refractivity contribution is 0.0460. The van der Waals surface area contributed by atoms with Crippen molar-refractivity contribution in [2.75, 3.05) is 20.2 Å². The number of methoxy groups -OCH3 is 1. The van der Waals surface area contributed by atoms with E-state index in [4.69, 9.17) is 4.74 Å². The minimum atomic E-state index is -0.476. The summed E-state index contributed by atoms with van der Waals surface area (Å²) in [4.78, 5) is 18.6. The Morgan fingerprint density at radius 3 is 2.58 bits per heavy atom. The van der Waals surface area contributed by atoms with Gasteiger partial charge < -0.3 is 14.7 Å². The number of nitrogens with zero attached hydrogens (tertiary/aromatic N) is 2. The number of ether oxygens (including phenoxy) is 1. The summed E-state index contributed by atoms with van der Waals surface area (Å²) in [6.45, 7) is 1.26. The molecule has 1 aliphatic heterocycles. The summed E-state index contributed by atoms with van der Waals surface area (Å²) >= 11 is 0. The molecule has 0 spiro atoms. The molecule has 2 heterocycles. The zero-order valence-electron chi connectivity index (χ0n) is 13.8. The third kappa shape index (κ3) is 3.41. The van der Waals surface area contributed by atoms with E-state index in [1.165, 1.54) is 7.11 Å². The molecule has 126 valence electrons. The van der Waals surface area contributed by atoms with Gasteiger partial charge in [-0.2, -0.15) is 0 Å². The lowest BCUT2D eigenvalue weighted by Gasteiger charge is -2.34. The first-order valence-corrected chi connectivity index (χ1v) is 8.22. The number of carbonyl (C=O) groups is 1. The van der Waals surface area contributed by atoms with Gasteiger partial charge in [0.2, 0.25) is 5.88 Å². The maximum Gasteiger partial charge on any atom is 0.259 e. The fourth-order valence-corrected chi connectivity index (χ4v) is 3.23. The molecule has 1 amide bonds. The number of carbonyl (C=O) groups excluding carboxylic acids is 1. The molecule has 1 aliphatic rings. The minimum absolute atomic E-state index is 0.0624. The summed E-state index contributed by atoms with van der Waals surface area (Å²) in [5.74, 6) is 0.466. The highest BCUT2D eigenvalue weighted by atomic mass is 16.5. The highest BCUT2D eigenvalue weighted by Crippen LogP contribution is 2.31. The first-order valence-electron chi connectivity index (χ1n) is 8.22. The number of amides is 1. The van der Waals surface area contributed by atoms with Crippen molar-refractivity contribution in [3.63, 3.8) is 0 Å². The van der Waals surface area contributed by atoms with Gasteiger partial charge in [-0.25, -0.2) is 4.98 Å². The van der Waals surface area contributed by atoms with E-state index in [9.17, 15) is 9.90 Å². The molecule has 0 saturated carbocycles. The number of aliphatic hydroxyl groups is 1. The van der Waals surface area contributed by atoms with Crippen molar-refractivity contribution >= 4 is 5.91 Å². The molecule has 5 nitrogen and oxygen atoms in total. The number of aromatic nitrogens is 1. The van der Waals surface area contributed by atoms with Gasteiger partial charge in [-0.1, -0.05) is 30.3 Å². The predicted octanol–water partition coefficient (Wildman–Crippen LogP) is 2.68. The lowest BCUT2D eigenvalue weighted by atomic mass is 9.87. The van der Waals surface area contributed by atoms with Crippen LogP contribution in [0.4, 0.5) is 0 Å². The summed E-state index contributed by atoms with van der Waals surface area (Å²) in [6.07, 6.45) is 2.70. The smallest absolute Gasteiger partial charge is 0.259 e. The Bertz CT molecular complexity index is 682. The van der Waals surface area contributed by atoms with E-state index < -0.39 is 6.10 Å². The van der Waals surface area contributed by atoms with E-state index in [0.29, 0.717) is 24.5 Å². The maximum absolute atomic E-state index is 12.7. The van der Waals surface area contributed by atoms with E-state index in [1.807, 2.05) is 35.2 Å². The second-order valence-corrected chi connectivity index (χ2v) is 6.05. The van der Waals surface area contributed by atoms with Crippen molar-refractivity contribution in [2.45, 2.75) is 18.9 Å². The van der Waals surface area contributed by atoms with Crippen molar-refractivity contribution in [3.8, 4) is 5.88 Å². The van der Waals surface area contributed by atoms with Gasteiger partial charge in [-0.15, -0.1) is 0 Å². The number of rotatable bonds is 4. The molecule has 1 atom stereocenters. The van der Waals surface area contributed by atoms with Gasteiger partial charge >= 0.3 is 0 Å². The normalized spacial score (nSPS) is 16.7. The van der Waals surface area contributed by atoms with Crippen LogP contribution in [0.3, 0.4) is 0 Å². The summed E-state index contributed by atoms with van der Waals surface area (Å²) in [5.41, 5.74) is 1.43. The topological polar surface area (TPSA) is 62.7 Å². The molecule has 0 bridgehead atoms. The second-order valence-electron chi connectivity index (χ2n) is 6.05. The van der Waals surface area contributed by atoms with E-state index in [1.54, 1.807) is 18.3 Å². The number of hydrogen-bond donors (Lipinski definition) is 1. The van der Waals surface area contributed by atoms with E-state index >= 15 is 0 Å². The molecule has 0 aliphatic carbocycles. The third-order valence-electron chi connectivity index (χ3n) is 4.61. The van der Waals surface area contributed by atoms with E-state index in [-0.39, 0.29) is 11.8 Å². The van der Waals surface area contributed by atoms with Crippen LogP contribution in [0.2, 0.25) is 0 Å². The molecule has 0 radical (unpaired) electrons. The zero-order chi connectivity index (χ0) is 16.9. The van der Waals surface area contributed by atoms with Crippen molar-refractivity contribution in [1.29, 1.82) is 0 Å². The Balaban J connectivity index is 1.64. The van der Waals surface area contributed by atoms with Crippen LogP contribution in [0.1, 0.15) is 34.9 Å². The Labute approximate surface area is 141 Å². The fourth-order valence-electron chi connectivity index (χ4n) is 3.23. The number of piperidine rings is 1. The van der Waals surface area contributed by atoms with E-state index in [0.717, 1.165) is 18.4 Å². The quantitative estimate of drug-likeness (QED) is 0.938. The number of aliphatic hydroxyl groups excluding tert-OH is 1. The van der Waals surface area contributed by atoms with E-state index in [2.05, 4.69) is 4.98 Å². The SMILES string of the molecule is COc1ncccc1C(=O)N1CCC([C@H](O)c2ccccc2)CC1. The Kier molecular flexibility index (Phi) is 5.11. The predicted molar refractivity (Wildman–Crippen MR) is 90.8 cm³/mol. The van der Waals surface area contributed by atoms with Gasteiger partial charge in [-0.3, -0.25) is 4.79 Å².